The Morgan fingerprint density at radius 2 is 1.86 bits per heavy atom. The molecule has 3 rings (SSSR count). The number of aryl methyl sites for hydroxylation is 2. The van der Waals surface area contributed by atoms with Gasteiger partial charge in [-0.1, -0.05) is 0 Å². The summed E-state index contributed by atoms with van der Waals surface area (Å²) < 4.78 is 10.8. The first-order valence-electron chi connectivity index (χ1n) is 9.28. The van der Waals surface area contributed by atoms with Crippen molar-refractivity contribution in [3.05, 3.63) is 37.8 Å². The number of ether oxygens (including phenoxy) is 1. The van der Waals surface area contributed by atoms with Crippen LogP contribution in [0.25, 0.3) is 17.1 Å². The zero-order valence-electron chi connectivity index (χ0n) is 17.2. The summed E-state index contributed by atoms with van der Waals surface area (Å²) in [5, 5.41) is 4.54. The molecule has 0 spiro atoms. The Labute approximate surface area is 166 Å². The minimum atomic E-state index is -0.779. The van der Waals surface area contributed by atoms with E-state index in [-0.39, 0.29) is 11.2 Å². The molecule has 3 aromatic heterocycles. The van der Waals surface area contributed by atoms with E-state index < -0.39 is 23.7 Å². The van der Waals surface area contributed by atoms with Gasteiger partial charge in [-0.2, -0.15) is 10.1 Å². The van der Waals surface area contributed by atoms with Gasteiger partial charge < -0.3 is 15.0 Å². The number of fused-ring (bicyclic) bond motifs is 1. The molecule has 0 aliphatic rings. The van der Waals surface area contributed by atoms with Crippen LogP contribution in [-0.4, -0.2) is 47.6 Å². The Kier molecular flexibility index (Phi) is 5.42. The van der Waals surface area contributed by atoms with Crippen LogP contribution in [0.4, 0.5) is 0 Å². The lowest BCUT2D eigenvalue weighted by Gasteiger charge is -2.11. The number of aromatic nitrogens is 6. The number of rotatable bonds is 7. The van der Waals surface area contributed by atoms with E-state index in [2.05, 4.69) is 10.1 Å². The molecule has 0 saturated carbocycles. The van der Waals surface area contributed by atoms with Gasteiger partial charge in [-0.25, -0.2) is 14.0 Å². The summed E-state index contributed by atoms with van der Waals surface area (Å²) in [5.41, 5.74) is 7.05. The van der Waals surface area contributed by atoms with Crippen LogP contribution >= 0.6 is 0 Å². The normalized spacial score (nSPS) is 11.5. The predicted octanol–water partition coefficient (Wildman–Crippen LogP) is -0.471. The number of carbonyl (C=O) groups excluding carboxylic acids is 1. The highest BCUT2D eigenvalue weighted by Gasteiger charge is 2.23. The number of nitrogens with zero attached hydrogens (tertiary/aromatic N) is 6. The van der Waals surface area contributed by atoms with Crippen LogP contribution in [0.2, 0.25) is 0 Å². The number of amides is 1. The fraction of sp³-hybridized carbons (Fsp3) is 0.500. The summed E-state index contributed by atoms with van der Waals surface area (Å²) in [6.45, 7) is 8.30. The van der Waals surface area contributed by atoms with Gasteiger partial charge in [-0.15, -0.1) is 0 Å². The van der Waals surface area contributed by atoms with E-state index in [0.29, 0.717) is 25.7 Å². The molecule has 0 saturated heterocycles. The predicted molar refractivity (Wildman–Crippen MR) is 106 cm³/mol. The summed E-state index contributed by atoms with van der Waals surface area (Å²) in [4.78, 5) is 41.7. The second-order valence-corrected chi connectivity index (χ2v) is 6.84. The monoisotopic (exact) mass is 403 g/mol. The second kappa shape index (κ2) is 7.66. The lowest BCUT2D eigenvalue weighted by atomic mass is 10.2. The van der Waals surface area contributed by atoms with Gasteiger partial charge in [0.05, 0.1) is 12.3 Å². The highest BCUT2D eigenvalue weighted by atomic mass is 16.5. The van der Waals surface area contributed by atoms with Crippen LogP contribution in [0.3, 0.4) is 0 Å². The molecule has 11 nitrogen and oxygen atoms in total. The van der Waals surface area contributed by atoms with E-state index in [1.54, 1.807) is 9.25 Å². The number of primary amides is 1. The number of carbonyl (C=O) groups is 1. The minimum absolute atomic E-state index is 0.188. The van der Waals surface area contributed by atoms with Gasteiger partial charge in [0, 0.05) is 25.9 Å². The van der Waals surface area contributed by atoms with E-state index in [0.717, 1.165) is 21.5 Å². The average molecular weight is 403 g/mol. The van der Waals surface area contributed by atoms with Crippen molar-refractivity contribution in [1.29, 1.82) is 0 Å². The van der Waals surface area contributed by atoms with E-state index in [4.69, 9.17) is 10.5 Å². The van der Waals surface area contributed by atoms with Crippen molar-refractivity contribution in [1.82, 2.24) is 28.5 Å². The summed E-state index contributed by atoms with van der Waals surface area (Å²) in [6, 6.07) is 0. The first-order chi connectivity index (χ1) is 13.7. The van der Waals surface area contributed by atoms with E-state index in [9.17, 15) is 14.4 Å². The van der Waals surface area contributed by atoms with Crippen molar-refractivity contribution in [2.75, 3.05) is 13.2 Å². The smallest absolute Gasteiger partial charge is 0.332 e. The van der Waals surface area contributed by atoms with Crippen molar-refractivity contribution in [2.24, 2.45) is 12.8 Å². The van der Waals surface area contributed by atoms with Crippen LogP contribution in [0.5, 0.6) is 0 Å². The molecule has 156 valence electrons. The van der Waals surface area contributed by atoms with Gasteiger partial charge in [0.25, 0.3) is 5.56 Å². The third-order valence-corrected chi connectivity index (χ3v) is 5.03. The Bertz CT molecular complexity index is 1210. The summed E-state index contributed by atoms with van der Waals surface area (Å²) in [7, 11) is 1.50. The lowest BCUT2D eigenvalue weighted by molar-refractivity contribution is -0.118. The van der Waals surface area contributed by atoms with Crippen LogP contribution in [0, 0.1) is 20.8 Å². The van der Waals surface area contributed by atoms with E-state index >= 15 is 0 Å². The standard InChI is InChI=1S/C18H25N7O4/c1-6-29-8-7-23-14-15(20-17(23)25-12(4)10(2)11(3)21-25)22(5)18(28)24(16(14)27)9-13(19)26/h6-9H2,1-5H3,(H2,19,26). The third kappa shape index (κ3) is 3.37. The van der Waals surface area contributed by atoms with Gasteiger partial charge in [-0.05, 0) is 33.3 Å². The number of hydrogen-bond donors (Lipinski definition) is 1. The maximum Gasteiger partial charge on any atom is 0.332 e. The third-order valence-electron chi connectivity index (χ3n) is 5.03. The zero-order chi connectivity index (χ0) is 21.5. The van der Waals surface area contributed by atoms with Crippen molar-refractivity contribution in [3.8, 4) is 5.95 Å². The van der Waals surface area contributed by atoms with Crippen LogP contribution in [0.15, 0.2) is 9.59 Å². The molecule has 3 heterocycles. The minimum Gasteiger partial charge on any atom is -0.380 e. The molecule has 29 heavy (non-hydrogen) atoms. The fourth-order valence-corrected chi connectivity index (χ4v) is 3.24. The number of hydrogen-bond acceptors (Lipinski definition) is 6. The SMILES string of the molecule is CCOCCn1c(-n2nc(C)c(C)c2C)nc2c1c(=O)n(CC(N)=O)c(=O)n2C. The molecule has 0 aliphatic heterocycles. The molecular weight excluding hydrogens is 378 g/mol. The van der Waals surface area contributed by atoms with Crippen molar-refractivity contribution < 1.29 is 9.53 Å². The van der Waals surface area contributed by atoms with Gasteiger partial charge in [0.2, 0.25) is 11.9 Å². The van der Waals surface area contributed by atoms with Crippen molar-refractivity contribution >= 4 is 17.1 Å². The van der Waals surface area contributed by atoms with Crippen LogP contribution < -0.4 is 17.0 Å². The maximum atomic E-state index is 13.1. The Hall–Kier alpha value is -3.21. The van der Waals surface area contributed by atoms with Crippen molar-refractivity contribution in [3.63, 3.8) is 0 Å². The zero-order valence-corrected chi connectivity index (χ0v) is 17.2. The molecule has 0 bridgehead atoms. The first-order valence-corrected chi connectivity index (χ1v) is 9.28. The molecule has 0 atom stereocenters. The molecule has 3 aromatic rings. The number of imidazole rings is 1. The van der Waals surface area contributed by atoms with Gasteiger partial charge in [0.1, 0.15) is 6.54 Å². The summed E-state index contributed by atoms with van der Waals surface area (Å²) in [6.07, 6.45) is 0. The molecule has 1 amide bonds. The fourth-order valence-electron chi connectivity index (χ4n) is 3.24. The van der Waals surface area contributed by atoms with Crippen molar-refractivity contribution in [2.45, 2.75) is 40.8 Å². The second-order valence-electron chi connectivity index (χ2n) is 6.84. The Morgan fingerprint density at radius 1 is 1.17 bits per heavy atom. The molecular formula is C18H25N7O4. The van der Waals surface area contributed by atoms with Crippen LogP contribution in [-0.2, 0) is 29.7 Å². The lowest BCUT2D eigenvalue weighted by Crippen LogP contribution is -2.42. The van der Waals surface area contributed by atoms with Crippen LogP contribution in [0.1, 0.15) is 23.9 Å². The molecule has 0 unspecified atom stereocenters. The molecule has 0 fully saturated rings. The topological polar surface area (TPSA) is 132 Å². The molecule has 11 heteroatoms. The molecule has 0 aliphatic carbocycles. The highest BCUT2D eigenvalue weighted by molar-refractivity contribution is 5.75. The summed E-state index contributed by atoms with van der Waals surface area (Å²) in [5.74, 6) is -0.379. The van der Waals surface area contributed by atoms with Gasteiger partial charge in [-0.3, -0.25) is 14.2 Å². The Morgan fingerprint density at radius 3 is 2.41 bits per heavy atom. The molecule has 0 radical (unpaired) electrons. The highest BCUT2D eigenvalue weighted by Crippen LogP contribution is 2.19. The number of nitrogens with two attached hydrogens (primary N) is 1. The van der Waals surface area contributed by atoms with Gasteiger partial charge >= 0.3 is 5.69 Å². The van der Waals surface area contributed by atoms with Gasteiger partial charge in [0.15, 0.2) is 11.2 Å². The first kappa shape index (κ1) is 20.5. The Balaban J connectivity index is 2.38. The quantitative estimate of drug-likeness (QED) is 0.531. The summed E-state index contributed by atoms with van der Waals surface area (Å²) >= 11 is 0. The molecule has 0 aromatic carbocycles. The largest absolute Gasteiger partial charge is 0.380 e. The van der Waals surface area contributed by atoms with E-state index in [1.165, 1.54) is 11.6 Å². The van der Waals surface area contributed by atoms with E-state index in [1.807, 2.05) is 27.7 Å². The average Bonchev–Trinajstić information content (AvgIpc) is 3.16. The maximum absolute atomic E-state index is 13.1. The molecule has 2 N–H and O–H groups in total.